The van der Waals surface area contributed by atoms with Gasteiger partial charge in [-0.05, 0) is 81.7 Å². The molecule has 4 rings (SSSR count). The first-order chi connectivity index (χ1) is 15.3. The normalized spacial score (nSPS) is 20.0. The summed E-state index contributed by atoms with van der Waals surface area (Å²) in [7, 11) is 0. The molecule has 1 aromatic carbocycles. The van der Waals surface area contributed by atoms with Gasteiger partial charge >= 0.3 is 0 Å². The van der Waals surface area contributed by atoms with Gasteiger partial charge in [-0.15, -0.1) is 0 Å². The van der Waals surface area contributed by atoms with E-state index in [2.05, 4.69) is 10.6 Å². The summed E-state index contributed by atoms with van der Waals surface area (Å²) in [6, 6.07) is 3.92. The van der Waals surface area contributed by atoms with E-state index in [4.69, 9.17) is 0 Å². The quantitative estimate of drug-likeness (QED) is 0.490. The maximum atomic E-state index is 13.6. The molecule has 2 amide bonds. The standard InChI is InChI=1S/C24H28FN3O4/c1-13-12-15(9-10-16(13)25)26-23(31)20-14(2)21(28-11-4-3-7-18(20)28)22(30)24(32)27-17-6-5-8-19(17)29/h9-10,12,17,19,29H,3-8,11H2,1-2H3,(H,26,31)(H,27,32)/t17-,19?/m0/s1. The topological polar surface area (TPSA) is 100 Å². The Balaban J connectivity index is 1.64. The molecule has 3 N–H and O–H groups in total. The molecule has 0 spiro atoms. The average Bonchev–Trinajstić information content (AvgIpc) is 3.29. The lowest BCUT2D eigenvalue weighted by Gasteiger charge is -2.19. The first-order valence-corrected chi connectivity index (χ1v) is 11.1. The summed E-state index contributed by atoms with van der Waals surface area (Å²) >= 11 is 0. The number of aromatic nitrogens is 1. The summed E-state index contributed by atoms with van der Waals surface area (Å²) in [6.45, 7) is 3.85. The molecule has 0 bridgehead atoms. The Bertz CT molecular complexity index is 1090. The van der Waals surface area contributed by atoms with E-state index in [1.54, 1.807) is 24.5 Å². The van der Waals surface area contributed by atoms with Gasteiger partial charge in [0.15, 0.2) is 0 Å². The minimum atomic E-state index is -0.758. The predicted octanol–water partition coefficient (Wildman–Crippen LogP) is 3.04. The fourth-order valence-corrected chi connectivity index (χ4v) is 4.84. The van der Waals surface area contributed by atoms with Crippen molar-refractivity contribution in [2.24, 2.45) is 0 Å². The molecule has 1 aliphatic heterocycles. The van der Waals surface area contributed by atoms with Crippen LogP contribution in [-0.2, 0) is 17.8 Å². The number of hydrogen-bond donors (Lipinski definition) is 3. The van der Waals surface area contributed by atoms with Crippen LogP contribution < -0.4 is 10.6 Å². The van der Waals surface area contributed by atoms with Crippen molar-refractivity contribution in [2.75, 3.05) is 5.32 Å². The Morgan fingerprint density at radius 2 is 1.91 bits per heavy atom. The van der Waals surface area contributed by atoms with Crippen LogP contribution in [0.1, 0.15) is 69.8 Å². The van der Waals surface area contributed by atoms with Gasteiger partial charge in [-0.25, -0.2) is 4.39 Å². The molecule has 2 aliphatic rings. The van der Waals surface area contributed by atoms with E-state index >= 15 is 0 Å². The Hall–Kier alpha value is -3.00. The third-order valence-electron chi connectivity index (χ3n) is 6.52. The number of fused-ring (bicyclic) bond motifs is 1. The lowest BCUT2D eigenvalue weighted by molar-refractivity contribution is -0.118. The number of ketones is 1. The van der Waals surface area contributed by atoms with Gasteiger partial charge in [0.2, 0.25) is 0 Å². The summed E-state index contributed by atoms with van der Waals surface area (Å²) in [5, 5.41) is 15.4. The van der Waals surface area contributed by atoms with E-state index in [1.165, 1.54) is 12.1 Å². The number of aliphatic hydroxyl groups excluding tert-OH is 1. The summed E-state index contributed by atoms with van der Waals surface area (Å²) in [5.74, 6) is -2.19. The molecular formula is C24H28FN3O4. The van der Waals surface area contributed by atoms with Crippen molar-refractivity contribution in [2.45, 2.75) is 71.1 Å². The van der Waals surface area contributed by atoms with Crippen LogP contribution in [0.25, 0.3) is 0 Å². The number of Topliss-reactive ketones (excluding diaryl/α,β-unsaturated/α-hetero) is 1. The van der Waals surface area contributed by atoms with Crippen molar-refractivity contribution in [1.29, 1.82) is 0 Å². The van der Waals surface area contributed by atoms with Crippen molar-refractivity contribution in [3.8, 4) is 0 Å². The van der Waals surface area contributed by atoms with E-state index in [-0.39, 0.29) is 17.4 Å². The molecule has 170 valence electrons. The number of carbonyl (C=O) groups excluding carboxylic acids is 3. The molecule has 1 aliphatic carbocycles. The van der Waals surface area contributed by atoms with Crippen LogP contribution in [0.2, 0.25) is 0 Å². The minimum absolute atomic E-state index is 0.227. The van der Waals surface area contributed by atoms with Crippen molar-refractivity contribution in [3.63, 3.8) is 0 Å². The lowest BCUT2D eigenvalue weighted by Crippen LogP contribution is -2.43. The third kappa shape index (κ3) is 4.07. The zero-order valence-corrected chi connectivity index (χ0v) is 18.3. The first-order valence-electron chi connectivity index (χ1n) is 11.1. The maximum absolute atomic E-state index is 13.6. The van der Waals surface area contributed by atoms with Gasteiger partial charge in [0, 0.05) is 17.9 Å². The van der Waals surface area contributed by atoms with E-state index < -0.39 is 23.8 Å². The molecule has 32 heavy (non-hydrogen) atoms. The Morgan fingerprint density at radius 3 is 2.59 bits per heavy atom. The van der Waals surface area contributed by atoms with Gasteiger partial charge in [-0.3, -0.25) is 14.4 Å². The van der Waals surface area contributed by atoms with E-state index in [0.29, 0.717) is 48.2 Å². The van der Waals surface area contributed by atoms with Gasteiger partial charge < -0.3 is 20.3 Å². The number of benzene rings is 1. The van der Waals surface area contributed by atoms with Crippen LogP contribution in [0.15, 0.2) is 18.2 Å². The maximum Gasteiger partial charge on any atom is 0.294 e. The second-order valence-electron chi connectivity index (χ2n) is 8.73. The number of carbonyl (C=O) groups is 3. The van der Waals surface area contributed by atoms with Gasteiger partial charge in [-0.1, -0.05) is 0 Å². The van der Waals surface area contributed by atoms with E-state index in [9.17, 15) is 23.9 Å². The molecular weight excluding hydrogens is 413 g/mol. The van der Waals surface area contributed by atoms with Crippen LogP contribution in [0.5, 0.6) is 0 Å². The molecule has 1 saturated carbocycles. The van der Waals surface area contributed by atoms with Gasteiger partial charge in [0.1, 0.15) is 5.82 Å². The second kappa shape index (κ2) is 8.86. The van der Waals surface area contributed by atoms with E-state index in [0.717, 1.165) is 25.0 Å². The highest BCUT2D eigenvalue weighted by Crippen LogP contribution is 2.30. The SMILES string of the molecule is Cc1cc(NC(=O)c2c(C)c(C(=O)C(=O)N[C@H]3CCCC3O)n3c2CCCC3)ccc1F. The van der Waals surface area contributed by atoms with Gasteiger partial charge in [0.25, 0.3) is 17.6 Å². The van der Waals surface area contributed by atoms with Crippen LogP contribution in [0.3, 0.4) is 0 Å². The number of nitrogens with zero attached hydrogens (tertiary/aromatic N) is 1. The first kappa shape index (κ1) is 22.2. The van der Waals surface area contributed by atoms with Crippen molar-refractivity contribution in [3.05, 3.63) is 52.1 Å². The number of halogens is 1. The zero-order valence-electron chi connectivity index (χ0n) is 18.3. The Kier molecular flexibility index (Phi) is 6.15. The Morgan fingerprint density at radius 1 is 1.12 bits per heavy atom. The van der Waals surface area contributed by atoms with Crippen molar-refractivity contribution >= 4 is 23.3 Å². The second-order valence-corrected chi connectivity index (χ2v) is 8.73. The van der Waals surface area contributed by atoms with Crippen LogP contribution >= 0.6 is 0 Å². The van der Waals surface area contributed by atoms with Crippen LogP contribution in [0.4, 0.5) is 10.1 Å². The number of nitrogens with one attached hydrogen (secondary N) is 2. The van der Waals surface area contributed by atoms with Crippen LogP contribution in [-0.4, -0.2) is 39.4 Å². The molecule has 1 unspecified atom stereocenters. The number of aryl methyl sites for hydroxylation is 1. The number of anilines is 1. The highest BCUT2D eigenvalue weighted by molar-refractivity contribution is 6.43. The molecule has 7 nitrogen and oxygen atoms in total. The molecule has 1 fully saturated rings. The summed E-state index contributed by atoms with van der Waals surface area (Å²) in [4.78, 5) is 39.0. The fraction of sp³-hybridized carbons (Fsp3) is 0.458. The highest BCUT2D eigenvalue weighted by Gasteiger charge is 2.34. The number of hydrogen-bond acceptors (Lipinski definition) is 4. The van der Waals surface area contributed by atoms with E-state index in [1.807, 2.05) is 0 Å². The Labute approximate surface area is 186 Å². The molecule has 0 saturated heterocycles. The molecule has 0 radical (unpaired) electrons. The molecule has 8 heteroatoms. The highest BCUT2D eigenvalue weighted by atomic mass is 19.1. The summed E-state index contributed by atoms with van der Waals surface area (Å²) in [6.07, 6.45) is 3.75. The third-order valence-corrected chi connectivity index (χ3v) is 6.52. The lowest BCUT2D eigenvalue weighted by atomic mass is 10.0. The van der Waals surface area contributed by atoms with Crippen molar-refractivity contribution in [1.82, 2.24) is 9.88 Å². The summed E-state index contributed by atoms with van der Waals surface area (Å²) in [5.41, 5.74) is 2.70. The predicted molar refractivity (Wildman–Crippen MR) is 117 cm³/mol. The molecule has 2 aromatic rings. The monoisotopic (exact) mass is 441 g/mol. The summed E-state index contributed by atoms with van der Waals surface area (Å²) < 4.78 is 15.4. The molecule has 2 atom stereocenters. The molecule has 2 heterocycles. The van der Waals surface area contributed by atoms with Crippen molar-refractivity contribution < 1.29 is 23.9 Å². The number of amides is 2. The zero-order chi connectivity index (χ0) is 23.0. The fourth-order valence-electron chi connectivity index (χ4n) is 4.84. The molecule has 1 aromatic heterocycles. The average molecular weight is 442 g/mol. The van der Waals surface area contributed by atoms with Crippen LogP contribution in [0, 0.1) is 19.7 Å². The minimum Gasteiger partial charge on any atom is -0.391 e. The largest absolute Gasteiger partial charge is 0.391 e. The smallest absolute Gasteiger partial charge is 0.294 e. The number of aliphatic hydroxyl groups is 1. The van der Waals surface area contributed by atoms with Gasteiger partial charge in [-0.2, -0.15) is 0 Å². The van der Waals surface area contributed by atoms with Gasteiger partial charge in [0.05, 0.1) is 23.4 Å². The number of rotatable bonds is 5.